The summed E-state index contributed by atoms with van der Waals surface area (Å²) in [5, 5.41) is 0. The number of hydrogen-bond donors (Lipinski definition) is 0. The first kappa shape index (κ1) is 37.7. The van der Waals surface area contributed by atoms with Crippen molar-refractivity contribution < 1.29 is 66.6 Å². The second-order valence-electron chi connectivity index (χ2n) is 10.5. The quantitative estimate of drug-likeness (QED) is 0.0493. The molecule has 258 valence electrons. The summed E-state index contributed by atoms with van der Waals surface area (Å²) in [6.07, 6.45) is 2.65. The number of unbranched alkanes of at least 4 members (excludes halogenated alkanes) is 3. The largest absolute Gasteiger partial charge is 0.864 e. The Labute approximate surface area is 262 Å². The Morgan fingerprint density at radius 1 is 0.447 bits per heavy atom. The Kier molecular flexibility index (Phi) is 12.7. The summed E-state index contributed by atoms with van der Waals surface area (Å²) in [6, 6.07) is -0.525. The predicted molar refractivity (Wildman–Crippen MR) is 148 cm³/mol. The molecular weight excluding hydrogens is 661 g/mol. The zero-order chi connectivity index (χ0) is 35.2. The standard InChI is InChI=1S/C30H29BF12NO3/c1-4-7-10-44(11-8-5-2,12-9-6-3)27-22(39)21(38)25(42)30(26(27)43)47-31(45-28-17(34)13-15(32)19(36)23(28)40)46-29-18(35)14-16(33)20(37)24(29)41/h13-14H,4-12H2,1-3H3/q+1. The predicted octanol–water partition coefficient (Wildman–Crippen LogP) is 9.59. The number of quaternary nitrogens is 1. The van der Waals surface area contributed by atoms with E-state index in [1.54, 1.807) is 20.8 Å². The van der Waals surface area contributed by atoms with Gasteiger partial charge in [-0.05, 0) is 19.3 Å². The van der Waals surface area contributed by atoms with E-state index in [0.717, 1.165) is 0 Å². The number of halogens is 12. The van der Waals surface area contributed by atoms with Crippen LogP contribution in [0.15, 0.2) is 12.1 Å². The molecule has 0 fully saturated rings. The van der Waals surface area contributed by atoms with Crippen LogP contribution < -0.4 is 18.4 Å². The summed E-state index contributed by atoms with van der Waals surface area (Å²) in [7, 11) is -3.27. The van der Waals surface area contributed by atoms with E-state index in [1.807, 2.05) is 0 Å². The molecule has 0 unspecified atom stereocenters. The summed E-state index contributed by atoms with van der Waals surface area (Å²) in [6.45, 7) is 5.40. The van der Waals surface area contributed by atoms with Crippen LogP contribution in [0.1, 0.15) is 59.3 Å². The second-order valence-corrected chi connectivity index (χ2v) is 10.5. The fourth-order valence-electron chi connectivity index (χ4n) is 4.85. The molecule has 0 saturated carbocycles. The monoisotopic (exact) mass is 690 g/mol. The highest BCUT2D eigenvalue weighted by Gasteiger charge is 2.45. The SMILES string of the molecule is CCCC[N+](CCCC)(CCCC)c1c(F)c(F)c(F)c(OB(Oc2c(F)cc(F)c(F)c2F)Oc2c(F)cc(F)c(F)c2F)c1F. The number of nitrogens with zero attached hydrogens (tertiary/aromatic N) is 1. The molecule has 0 aliphatic heterocycles. The van der Waals surface area contributed by atoms with Crippen molar-refractivity contribution in [2.24, 2.45) is 0 Å². The third kappa shape index (κ3) is 7.87. The highest BCUT2D eigenvalue weighted by Crippen LogP contribution is 2.41. The molecule has 0 saturated heterocycles. The van der Waals surface area contributed by atoms with Crippen molar-refractivity contribution in [2.75, 3.05) is 19.6 Å². The van der Waals surface area contributed by atoms with E-state index in [-0.39, 0.29) is 31.8 Å². The average molecular weight is 690 g/mol. The van der Waals surface area contributed by atoms with Crippen LogP contribution in [0.25, 0.3) is 0 Å². The van der Waals surface area contributed by atoms with E-state index in [0.29, 0.717) is 38.5 Å². The van der Waals surface area contributed by atoms with Crippen LogP contribution in [-0.4, -0.2) is 27.0 Å². The lowest BCUT2D eigenvalue weighted by molar-refractivity contribution is 0.230. The van der Waals surface area contributed by atoms with Crippen molar-refractivity contribution in [3.63, 3.8) is 0 Å². The summed E-state index contributed by atoms with van der Waals surface area (Å²) in [5.41, 5.74) is -1.02. The Hall–Kier alpha value is -3.76. The molecule has 3 aromatic carbocycles. The third-order valence-corrected chi connectivity index (χ3v) is 7.28. The van der Waals surface area contributed by atoms with Crippen LogP contribution in [0.3, 0.4) is 0 Å². The van der Waals surface area contributed by atoms with Crippen LogP contribution in [0.4, 0.5) is 58.4 Å². The molecule has 4 nitrogen and oxygen atoms in total. The minimum atomic E-state index is -3.27. The molecule has 0 amide bonds. The maximum Gasteiger partial charge on any atom is 0.864 e. The summed E-state index contributed by atoms with van der Waals surface area (Å²) in [4.78, 5) is 0. The van der Waals surface area contributed by atoms with E-state index < -0.39 is 105 Å². The van der Waals surface area contributed by atoms with Crippen molar-refractivity contribution in [3.05, 3.63) is 81.9 Å². The van der Waals surface area contributed by atoms with Crippen LogP contribution >= 0.6 is 0 Å². The molecule has 0 N–H and O–H groups in total. The smallest absolute Gasteiger partial charge is 0.484 e. The van der Waals surface area contributed by atoms with Gasteiger partial charge in [-0.3, -0.25) is 4.48 Å². The van der Waals surface area contributed by atoms with Gasteiger partial charge in [0.1, 0.15) is 0 Å². The van der Waals surface area contributed by atoms with Crippen molar-refractivity contribution in [3.8, 4) is 17.2 Å². The lowest BCUT2D eigenvalue weighted by Crippen LogP contribution is -2.53. The van der Waals surface area contributed by atoms with E-state index in [2.05, 4.69) is 9.31 Å². The molecule has 0 aromatic heterocycles. The van der Waals surface area contributed by atoms with Crippen molar-refractivity contribution in [2.45, 2.75) is 59.3 Å². The second kappa shape index (κ2) is 15.9. The Morgan fingerprint density at radius 2 is 0.809 bits per heavy atom. The Balaban J connectivity index is 2.29. The minimum absolute atomic E-state index is 0.0296. The number of benzene rings is 3. The molecule has 0 radical (unpaired) electrons. The molecule has 0 aliphatic carbocycles. The van der Waals surface area contributed by atoms with Gasteiger partial charge in [-0.2, -0.15) is 22.0 Å². The van der Waals surface area contributed by atoms with Gasteiger partial charge in [-0.15, -0.1) is 0 Å². The molecule has 0 bridgehead atoms. The van der Waals surface area contributed by atoms with Gasteiger partial charge in [0.05, 0.1) is 19.6 Å². The van der Waals surface area contributed by atoms with E-state index in [1.165, 1.54) is 0 Å². The normalized spacial score (nSPS) is 11.6. The maximum atomic E-state index is 16.3. The highest BCUT2D eigenvalue weighted by molar-refractivity contribution is 6.39. The van der Waals surface area contributed by atoms with Crippen LogP contribution in [-0.2, 0) is 0 Å². The van der Waals surface area contributed by atoms with Gasteiger partial charge < -0.3 is 14.0 Å². The molecule has 0 spiro atoms. The number of hydrogen-bond acceptors (Lipinski definition) is 3. The van der Waals surface area contributed by atoms with Gasteiger partial charge in [-0.1, -0.05) is 40.0 Å². The summed E-state index contributed by atoms with van der Waals surface area (Å²) >= 11 is 0. The van der Waals surface area contributed by atoms with Crippen molar-refractivity contribution in [1.82, 2.24) is 4.48 Å². The Bertz CT molecular complexity index is 1510. The van der Waals surface area contributed by atoms with Crippen LogP contribution in [0.5, 0.6) is 17.2 Å². The van der Waals surface area contributed by atoms with Gasteiger partial charge in [0.2, 0.25) is 40.6 Å². The fraction of sp³-hybridized carbons (Fsp3) is 0.400. The molecule has 0 atom stereocenters. The lowest BCUT2D eigenvalue weighted by Gasteiger charge is -2.39. The fourth-order valence-corrected chi connectivity index (χ4v) is 4.85. The lowest BCUT2D eigenvalue weighted by atomic mass is 10.1. The topological polar surface area (TPSA) is 27.7 Å². The zero-order valence-electron chi connectivity index (χ0n) is 25.3. The van der Waals surface area contributed by atoms with E-state index in [9.17, 15) is 35.1 Å². The minimum Gasteiger partial charge on any atom is -0.484 e. The van der Waals surface area contributed by atoms with E-state index >= 15 is 17.6 Å². The molecule has 17 heteroatoms. The molecule has 0 aliphatic rings. The maximum absolute atomic E-state index is 16.3. The first-order valence-corrected chi connectivity index (χ1v) is 14.5. The number of rotatable bonds is 16. The molecule has 47 heavy (non-hydrogen) atoms. The van der Waals surface area contributed by atoms with Gasteiger partial charge >= 0.3 is 7.32 Å². The summed E-state index contributed by atoms with van der Waals surface area (Å²) in [5.74, 6) is -32.2. The molecular formula is C30H29BF12NO3+. The highest BCUT2D eigenvalue weighted by atomic mass is 19.2. The van der Waals surface area contributed by atoms with Crippen LogP contribution in [0.2, 0.25) is 0 Å². The average Bonchev–Trinajstić information content (AvgIpc) is 3.04. The van der Waals surface area contributed by atoms with Gasteiger partial charge in [0, 0.05) is 12.1 Å². The summed E-state index contributed by atoms with van der Waals surface area (Å²) < 4.78 is 188. The third-order valence-electron chi connectivity index (χ3n) is 7.28. The molecule has 3 aromatic rings. The molecule has 3 rings (SSSR count). The first-order valence-electron chi connectivity index (χ1n) is 14.5. The zero-order valence-corrected chi connectivity index (χ0v) is 25.3. The van der Waals surface area contributed by atoms with Gasteiger partial charge in [0.15, 0.2) is 52.2 Å². The first-order chi connectivity index (χ1) is 22.1. The van der Waals surface area contributed by atoms with Gasteiger partial charge in [-0.25, -0.2) is 30.7 Å². The van der Waals surface area contributed by atoms with Crippen molar-refractivity contribution in [1.29, 1.82) is 0 Å². The van der Waals surface area contributed by atoms with Crippen molar-refractivity contribution >= 4 is 13.0 Å². The molecule has 0 heterocycles. The van der Waals surface area contributed by atoms with E-state index in [4.69, 9.17) is 4.65 Å². The van der Waals surface area contributed by atoms with Crippen LogP contribution in [0, 0.1) is 69.8 Å². The van der Waals surface area contributed by atoms with Gasteiger partial charge in [0.25, 0.3) is 0 Å². The Morgan fingerprint density at radius 3 is 1.19 bits per heavy atom.